The first-order valence-corrected chi connectivity index (χ1v) is 12.2. The number of halogens is 1. The fourth-order valence-electron chi connectivity index (χ4n) is 3.11. The molecule has 3 heterocycles. The van der Waals surface area contributed by atoms with Gasteiger partial charge in [-0.3, -0.25) is 9.29 Å². The Kier molecular flexibility index (Phi) is 8.16. The number of nitrogens with one attached hydrogen (secondary N) is 1. The summed E-state index contributed by atoms with van der Waals surface area (Å²) in [6.07, 6.45) is 3.53. The Bertz CT molecular complexity index is 1170. The fraction of sp³-hybridized carbons (Fsp3) is 0.450. The maximum Gasteiger partial charge on any atom is 0.240 e. The van der Waals surface area contributed by atoms with Gasteiger partial charge in [-0.1, -0.05) is 31.0 Å². The van der Waals surface area contributed by atoms with E-state index in [-0.39, 0.29) is 11.8 Å². The summed E-state index contributed by atoms with van der Waals surface area (Å²) in [5, 5.41) is 7.57. The molecule has 11 nitrogen and oxygen atoms in total. The first kappa shape index (κ1) is 24.8. The van der Waals surface area contributed by atoms with Crippen molar-refractivity contribution in [1.82, 2.24) is 29.7 Å². The van der Waals surface area contributed by atoms with Crippen LogP contribution in [-0.2, 0) is 21.3 Å². The van der Waals surface area contributed by atoms with Gasteiger partial charge in [-0.2, -0.15) is 0 Å². The van der Waals surface area contributed by atoms with Crippen LogP contribution in [0.5, 0.6) is 5.88 Å². The number of ether oxygens (including phenoxy) is 2. The average molecular weight is 496 g/mol. The quantitative estimate of drug-likeness (QED) is 0.425. The Morgan fingerprint density at radius 2 is 1.91 bits per heavy atom. The Hall–Kier alpha value is -2.83. The van der Waals surface area contributed by atoms with Gasteiger partial charge in [0, 0.05) is 32.1 Å². The van der Waals surface area contributed by atoms with Crippen molar-refractivity contribution in [3.63, 3.8) is 0 Å². The predicted octanol–water partition coefficient (Wildman–Crippen LogP) is 3.11. The van der Waals surface area contributed by atoms with E-state index in [9.17, 15) is 8.42 Å². The smallest absolute Gasteiger partial charge is 0.240 e. The second kappa shape index (κ2) is 10.9. The van der Waals surface area contributed by atoms with Crippen LogP contribution >= 0.6 is 11.6 Å². The zero-order chi connectivity index (χ0) is 24.0. The number of rotatable bonds is 11. The molecule has 3 aromatic rings. The maximum absolute atomic E-state index is 13.2. The lowest BCUT2D eigenvalue weighted by atomic mass is 10.2. The molecule has 2 atom stereocenters. The summed E-state index contributed by atoms with van der Waals surface area (Å²) in [6, 6.07) is 5.25. The SMILES string of the molecule is CCCCn1c(NS(=O)(=O)[C@@H](C)[C@H](OC)c2ncc(Cl)cn2)nnc1-c1cccc(OC)n1. The van der Waals surface area contributed by atoms with E-state index in [0.29, 0.717) is 29.0 Å². The molecular formula is C20H26ClN7O4S. The van der Waals surface area contributed by atoms with Crippen molar-refractivity contribution < 1.29 is 17.9 Å². The number of pyridine rings is 1. The van der Waals surface area contributed by atoms with Crippen LogP contribution in [0.4, 0.5) is 5.95 Å². The number of anilines is 1. The van der Waals surface area contributed by atoms with Crippen molar-refractivity contribution in [2.24, 2.45) is 0 Å². The Labute approximate surface area is 197 Å². The van der Waals surface area contributed by atoms with E-state index in [1.807, 2.05) is 6.92 Å². The van der Waals surface area contributed by atoms with E-state index in [2.05, 4.69) is 29.9 Å². The molecule has 3 rings (SSSR count). The molecule has 0 radical (unpaired) electrons. The molecule has 0 saturated heterocycles. The lowest BCUT2D eigenvalue weighted by Gasteiger charge is -2.22. The Morgan fingerprint density at radius 1 is 1.18 bits per heavy atom. The first-order chi connectivity index (χ1) is 15.8. The summed E-state index contributed by atoms with van der Waals surface area (Å²) < 4.78 is 41.3. The molecule has 0 spiro atoms. The molecule has 0 fully saturated rings. The number of methoxy groups -OCH3 is 2. The van der Waals surface area contributed by atoms with E-state index in [0.717, 1.165) is 12.8 Å². The molecule has 0 aromatic carbocycles. The highest BCUT2D eigenvalue weighted by atomic mass is 35.5. The topological polar surface area (TPSA) is 134 Å². The van der Waals surface area contributed by atoms with Crippen LogP contribution in [0.15, 0.2) is 30.6 Å². The summed E-state index contributed by atoms with van der Waals surface area (Å²) in [6.45, 7) is 4.04. The van der Waals surface area contributed by atoms with Crippen LogP contribution in [0.2, 0.25) is 5.02 Å². The highest BCUT2D eigenvalue weighted by Gasteiger charge is 2.34. The molecule has 0 aliphatic carbocycles. The largest absolute Gasteiger partial charge is 0.481 e. The number of hydrogen-bond acceptors (Lipinski definition) is 9. The van der Waals surface area contributed by atoms with Gasteiger partial charge in [-0.05, 0) is 19.4 Å². The molecule has 0 unspecified atom stereocenters. The van der Waals surface area contributed by atoms with Crippen molar-refractivity contribution in [3.05, 3.63) is 41.4 Å². The third kappa shape index (κ3) is 5.75. The lowest BCUT2D eigenvalue weighted by molar-refractivity contribution is 0.0950. The van der Waals surface area contributed by atoms with E-state index in [1.165, 1.54) is 33.5 Å². The monoisotopic (exact) mass is 495 g/mol. The first-order valence-electron chi connectivity index (χ1n) is 10.3. The minimum Gasteiger partial charge on any atom is -0.481 e. The summed E-state index contributed by atoms with van der Waals surface area (Å²) in [7, 11) is -1.06. The zero-order valence-corrected chi connectivity index (χ0v) is 20.3. The molecule has 178 valence electrons. The van der Waals surface area contributed by atoms with Crippen molar-refractivity contribution in [1.29, 1.82) is 0 Å². The van der Waals surface area contributed by atoms with E-state index >= 15 is 0 Å². The van der Waals surface area contributed by atoms with Crippen molar-refractivity contribution in [3.8, 4) is 17.4 Å². The third-order valence-corrected chi connectivity index (χ3v) is 6.83. The van der Waals surface area contributed by atoms with Crippen molar-refractivity contribution in [2.75, 3.05) is 18.9 Å². The second-order valence-corrected chi connectivity index (χ2v) is 9.66. The van der Waals surface area contributed by atoms with Gasteiger partial charge in [0.05, 0.1) is 12.1 Å². The zero-order valence-electron chi connectivity index (χ0n) is 18.8. The number of unbranched alkanes of at least 4 members (excludes halogenated alkanes) is 1. The molecule has 33 heavy (non-hydrogen) atoms. The van der Waals surface area contributed by atoms with Crippen molar-refractivity contribution in [2.45, 2.75) is 44.6 Å². The summed E-state index contributed by atoms with van der Waals surface area (Å²) in [5.41, 5.74) is 0.515. The normalized spacial score (nSPS) is 13.5. The van der Waals surface area contributed by atoms with Gasteiger partial charge in [-0.15, -0.1) is 10.2 Å². The molecule has 0 bridgehead atoms. The van der Waals surface area contributed by atoms with E-state index in [4.69, 9.17) is 21.1 Å². The van der Waals surface area contributed by atoms with Crippen LogP contribution in [0, 0.1) is 0 Å². The van der Waals surface area contributed by atoms with Gasteiger partial charge in [0.15, 0.2) is 11.6 Å². The van der Waals surface area contributed by atoms with Crippen molar-refractivity contribution >= 4 is 27.6 Å². The Balaban J connectivity index is 1.93. The van der Waals surface area contributed by atoms with Crippen LogP contribution in [0.3, 0.4) is 0 Å². The third-order valence-electron chi connectivity index (χ3n) is 4.95. The lowest BCUT2D eigenvalue weighted by Crippen LogP contribution is -2.33. The maximum atomic E-state index is 13.2. The van der Waals surface area contributed by atoms with Crippen LogP contribution in [0.25, 0.3) is 11.5 Å². The number of nitrogens with zero attached hydrogens (tertiary/aromatic N) is 6. The summed E-state index contributed by atoms with van der Waals surface area (Å²) in [4.78, 5) is 12.6. The van der Waals surface area contributed by atoms with E-state index in [1.54, 1.807) is 22.8 Å². The number of sulfonamides is 1. The summed E-state index contributed by atoms with van der Waals surface area (Å²) in [5.74, 6) is 1.13. The fourth-order valence-corrected chi connectivity index (χ4v) is 4.36. The Morgan fingerprint density at radius 3 is 2.55 bits per heavy atom. The minimum atomic E-state index is -3.97. The molecule has 3 aromatic heterocycles. The predicted molar refractivity (Wildman–Crippen MR) is 124 cm³/mol. The van der Waals surface area contributed by atoms with Gasteiger partial charge in [0.2, 0.25) is 21.9 Å². The molecule has 0 aliphatic rings. The summed E-state index contributed by atoms with van der Waals surface area (Å²) >= 11 is 5.84. The molecule has 0 saturated carbocycles. The number of aromatic nitrogens is 6. The standard InChI is InChI=1S/C20H26ClN7O4S/c1-5-6-10-28-19(15-8-7-9-16(24-15)31-3)25-26-20(28)27-33(29,30)13(2)17(32-4)18-22-11-14(21)12-23-18/h7-9,11-13,17H,5-6,10H2,1-4H3,(H,26,27)/t13-,17-/m0/s1. The van der Waals surface area contributed by atoms with E-state index < -0.39 is 21.4 Å². The molecule has 0 amide bonds. The van der Waals surface area contributed by atoms with Gasteiger partial charge < -0.3 is 9.47 Å². The second-order valence-electron chi connectivity index (χ2n) is 7.19. The van der Waals surface area contributed by atoms with Crippen LogP contribution in [0.1, 0.15) is 38.6 Å². The minimum absolute atomic E-state index is 0.0850. The highest BCUT2D eigenvalue weighted by Crippen LogP contribution is 2.26. The van der Waals surface area contributed by atoms with Crippen LogP contribution in [-0.4, -0.2) is 57.6 Å². The molecule has 13 heteroatoms. The highest BCUT2D eigenvalue weighted by molar-refractivity contribution is 7.93. The molecule has 0 aliphatic heterocycles. The van der Waals surface area contributed by atoms with Gasteiger partial charge in [0.25, 0.3) is 0 Å². The molecular weight excluding hydrogens is 470 g/mol. The van der Waals surface area contributed by atoms with Gasteiger partial charge in [0.1, 0.15) is 17.0 Å². The van der Waals surface area contributed by atoms with Gasteiger partial charge >= 0.3 is 0 Å². The average Bonchev–Trinajstić information content (AvgIpc) is 3.20. The molecule has 1 N–H and O–H groups in total. The number of hydrogen-bond donors (Lipinski definition) is 1. The van der Waals surface area contributed by atoms with Gasteiger partial charge in [-0.25, -0.2) is 23.4 Å². The van der Waals surface area contributed by atoms with Crippen LogP contribution < -0.4 is 9.46 Å².